The van der Waals surface area contributed by atoms with Crippen molar-refractivity contribution in [2.75, 3.05) is 7.11 Å². The third kappa shape index (κ3) is 2.99. The van der Waals surface area contributed by atoms with E-state index in [1.807, 2.05) is 36.5 Å². The lowest BCUT2D eigenvalue weighted by Crippen LogP contribution is -1.89. The summed E-state index contributed by atoms with van der Waals surface area (Å²) in [6.45, 7) is 0. The van der Waals surface area contributed by atoms with Gasteiger partial charge in [0, 0.05) is 40.6 Å². The minimum atomic E-state index is 0.690. The van der Waals surface area contributed by atoms with Crippen molar-refractivity contribution in [1.82, 2.24) is 30.1 Å². The number of nitrogens with zero attached hydrogens (tertiary/aromatic N) is 4. The lowest BCUT2D eigenvalue weighted by Gasteiger charge is -2.04. The Hall–Kier alpha value is -4.52. The second-order valence-corrected chi connectivity index (χ2v) is 7.47. The van der Waals surface area contributed by atoms with Crippen LogP contribution in [0.15, 0.2) is 79.4 Å². The second kappa shape index (κ2) is 7.31. The molecule has 0 unspecified atom stereocenters. The van der Waals surface area contributed by atoms with Crippen LogP contribution in [-0.2, 0) is 0 Å². The molecule has 0 amide bonds. The number of pyridine rings is 3. The molecule has 0 bridgehead atoms. The molecule has 0 saturated heterocycles. The Morgan fingerprint density at radius 3 is 2.66 bits per heavy atom. The molecular formula is C25H18N6O. The third-order valence-corrected chi connectivity index (χ3v) is 5.54. The molecule has 0 radical (unpaired) electrons. The lowest BCUT2D eigenvalue weighted by atomic mass is 10.0. The van der Waals surface area contributed by atoms with Crippen molar-refractivity contribution in [2.45, 2.75) is 0 Å². The molecule has 6 aromatic rings. The van der Waals surface area contributed by atoms with Crippen molar-refractivity contribution >= 4 is 21.9 Å². The van der Waals surface area contributed by atoms with Crippen LogP contribution in [0.2, 0.25) is 0 Å². The number of hydrogen-bond donors (Lipinski definition) is 2. The first-order chi connectivity index (χ1) is 15.8. The number of ether oxygens (including phenoxy) is 1. The summed E-state index contributed by atoms with van der Waals surface area (Å²) < 4.78 is 5.30. The second-order valence-electron chi connectivity index (χ2n) is 7.47. The maximum atomic E-state index is 5.30. The van der Waals surface area contributed by atoms with Gasteiger partial charge in [-0.2, -0.15) is 5.10 Å². The number of fused-ring (bicyclic) bond motifs is 2. The molecule has 2 N–H and O–H groups in total. The maximum Gasteiger partial charge on any atom is 0.137 e. The zero-order valence-electron chi connectivity index (χ0n) is 17.2. The topological polar surface area (TPSA) is 92.4 Å². The Bertz CT molecular complexity index is 1570. The van der Waals surface area contributed by atoms with Crippen molar-refractivity contribution in [3.05, 3.63) is 79.4 Å². The smallest absolute Gasteiger partial charge is 0.137 e. The van der Waals surface area contributed by atoms with Gasteiger partial charge < -0.3 is 9.72 Å². The SMILES string of the molecule is COc1cncc(-c2ccc3[nH]nc(-c4cc5c(-c6cccnc6)cccc5[nH]4)c3n2)c1. The Kier molecular flexibility index (Phi) is 4.18. The number of aromatic nitrogens is 6. The molecule has 0 fully saturated rings. The standard InChI is InChI=1S/C25H18N6O/c1-32-17-10-16(13-27-14-17)20-7-8-22-24(29-20)25(31-30-22)23-11-19-18(5-2-6-21(19)28-23)15-4-3-9-26-12-15/h2-14,28H,1H3,(H,30,31). The zero-order valence-corrected chi connectivity index (χ0v) is 17.2. The van der Waals surface area contributed by atoms with E-state index < -0.39 is 0 Å². The molecular weight excluding hydrogens is 400 g/mol. The van der Waals surface area contributed by atoms with Gasteiger partial charge in [0.15, 0.2) is 0 Å². The van der Waals surface area contributed by atoms with Crippen LogP contribution in [0.5, 0.6) is 5.75 Å². The molecule has 1 aromatic carbocycles. The summed E-state index contributed by atoms with van der Waals surface area (Å²) in [7, 11) is 1.63. The normalized spacial score (nSPS) is 11.3. The van der Waals surface area contributed by atoms with Crippen LogP contribution in [0.3, 0.4) is 0 Å². The summed E-state index contributed by atoms with van der Waals surface area (Å²) in [5.74, 6) is 0.690. The molecule has 0 aliphatic carbocycles. The van der Waals surface area contributed by atoms with Crippen LogP contribution in [0.1, 0.15) is 0 Å². The minimum absolute atomic E-state index is 0.690. The van der Waals surface area contributed by atoms with Crippen molar-refractivity contribution in [2.24, 2.45) is 0 Å². The van der Waals surface area contributed by atoms with Crippen LogP contribution in [0.25, 0.3) is 55.7 Å². The quantitative estimate of drug-likeness (QED) is 0.408. The molecule has 0 spiro atoms. The fraction of sp³-hybridized carbons (Fsp3) is 0.0400. The molecule has 0 aliphatic heterocycles. The van der Waals surface area contributed by atoms with Crippen molar-refractivity contribution < 1.29 is 4.74 Å². The zero-order chi connectivity index (χ0) is 21.5. The Morgan fingerprint density at radius 2 is 1.78 bits per heavy atom. The van der Waals surface area contributed by atoms with Crippen LogP contribution in [-0.4, -0.2) is 37.2 Å². The number of methoxy groups -OCH3 is 1. The number of aromatic amines is 2. The van der Waals surface area contributed by atoms with Gasteiger partial charge in [-0.3, -0.25) is 15.1 Å². The molecule has 0 aliphatic rings. The van der Waals surface area contributed by atoms with Crippen molar-refractivity contribution in [3.8, 4) is 39.5 Å². The monoisotopic (exact) mass is 418 g/mol. The van der Waals surface area contributed by atoms with E-state index in [-0.39, 0.29) is 0 Å². The average molecular weight is 418 g/mol. The Balaban J connectivity index is 1.50. The maximum absolute atomic E-state index is 5.30. The van der Waals surface area contributed by atoms with Gasteiger partial charge in [0.25, 0.3) is 0 Å². The van der Waals surface area contributed by atoms with Gasteiger partial charge >= 0.3 is 0 Å². The van der Waals surface area contributed by atoms with Crippen molar-refractivity contribution in [1.29, 1.82) is 0 Å². The number of nitrogens with one attached hydrogen (secondary N) is 2. The molecule has 5 heterocycles. The molecule has 0 saturated carbocycles. The van der Waals surface area contributed by atoms with E-state index >= 15 is 0 Å². The minimum Gasteiger partial charge on any atom is -0.495 e. The van der Waals surface area contributed by atoms with Gasteiger partial charge in [0.2, 0.25) is 0 Å². The Morgan fingerprint density at radius 1 is 0.844 bits per heavy atom. The largest absolute Gasteiger partial charge is 0.495 e. The molecule has 7 heteroatoms. The first kappa shape index (κ1) is 18.3. The summed E-state index contributed by atoms with van der Waals surface area (Å²) in [4.78, 5) is 16.9. The first-order valence-electron chi connectivity index (χ1n) is 10.2. The van der Waals surface area contributed by atoms with Gasteiger partial charge in [0.1, 0.15) is 17.0 Å². The number of H-pyrrole nitrogens is 2. The van der Waals surface area contributed by atoms with E-state index in [1.54, 1.807) is 25.7 Å². The highest BCUT2D eigenvalue weighted by molar-refractivity contribution is 6.00. The third-order valence-electron chi connectivity index (χ3n) is 5.54. The predicted octanol–water partition coefficient (Wildman–Crippen LogP) is 5.24. The highest BCUT2D eigenvalue weighted by Gasteiger charge is 2.15. The van der Waals surface area contributed by atoms with E-state index in [4.69, 9.17) is 9.72 Å². The van der Waals surface area contributed by atoms with Crippen LogP contribution in [0, 0.1) is 0 Å². The van der Waals surface area contributed by atoms with Crippen molar-refractivity contribution in [3.63, 3.8) is 0 Å². The summed E-state index contributed by atoms with van der Waals surface area (Å²) in [5, 5.41) is 8.77. The fourth-order valence-electron chi connectivity index (χ4n) is 3.97. The number of rotatable bonds is 4. The van der Waals surface area contributed by atoms with E-state index in [2.05, 4.69) is 49.4 Å². The first-order valence-corrected chi connectivity index (χ1v) is 10.2. The number of hydrogen-bond acceptors (Lipinski definition) is 5. The molecule has 0 atom stereocenters. The summed E-state index contributed by atoms with van der Waals surface area (Å²) in [6, 6.07) is 18.2. The summed E-state index contributed by atoms with van der Waals surface area (Å²) in [5.41, 5.74) is 8.24. The van der Waals surface area contributed by atoms with E-state index in [9.17, 15) is 0 Å². The lowest BCUT2D eigenvalue weighted by molar-refractivity contribution is 0.413. The number of benzene rings is 1. The summed E-state index contributed by atoms with van der Waals surface area (Å²) >= 11 is 0. The van der Waals surface area contributed by atoms with Gasteiger partial charge in [-0.1, -0.05) is 18.2 Å². The van der Waals surface area contributed by atoms with E-state index in [0.29, 0.717) is 5.75 Å². The van der Waals surface area contributed by atoms with Gasteiger partial charge in [0.05, 0.1) is 30.2 Å². The highest BCUT2D eigenvalue weighted by Crippen LogP contribution is 2.34. The highest BCUT2D eigenvalue weighted by atomic mass is 16.5. The average Bonchev–Trinajstić information content (AvgIpc) is 3.48. The van der Waals surface area contributed by atoms with E-state index in [1.165, 1.54) is 0 Å². The van der Waals surface area contributed by atoms with Gasteiger partial charge in [-0.05, 0) is 42.0 Å². The molecule has 6 rings (SSSR count). The molecule has 154 valence electrons. The van der Waals surface area contributed by atoms with E-state index in [0.717, 1.165) is 55.7 Å². The fourth-order valence-corrected chi connectivity index (χ4v) is 3.97. The molecule has 32 heavy (non-hydrogen) atoms. The van der Waals surface area contributed by atoms with Gasteiger partial charge in [-0.25, -0.2) is 4.98 Å². The Labute approximate surface area is 183 Å². The van der Waals surface area contributed by atoms with Crippen LogP contribution in [0.4, 0.5) is 0 Å². The van der Waals surface area contributed by atoms with Gasteiger partial charge in [-0.15, -0.1) is 0 Å². The molecule has 7 nitrogen and oxygen atoms in total. The predicted molar refractivity (Wildman–Crippen MR) is 124 cm³/mol. The molecule has 5 aromatic heterocycles. The summed E-state index contributed by atoms with van der Waals surface area (Å²) in [6.07, 6.45) is 7.11. The van der Waals surface area contributed by atoms with Crippen LogP contribution < -0.4 is 4.74 Å². The van der Waals surface area contributed by atoms with Crippen LogP contribution >= 0.6 is 0 Å².